The summed E-state index contributed by atoms with van der Waals surface area (Å²) in [6, 6.07) is 19.2. The fourth-order valence-corrected chi connectivity index (χ4v) is 2.67. The van der Waals surface area contributed by atoms with Gasteiger partial charge in [-0.1, -0.05) is 30.3 Å². The maximum absolute atomic E-state index is 12.4. The minimum Gasteiger partial charge on any atom is -0.504 e. The van der Waals surface area contributed by atoms with E-state index in [2.05, 4.69) is 0 Å². The molecule has 0 aliphatic carbocycles. The van der Waals surface area contributed by atoms with Crippen LogP contribution in [0.15, 0.2) is 72.5 Å². The Hall–Kier alpha value is -3.73. The number of Topliss-reactive ketones (excluding diaryl/α,β-unsaturated/α-hetero) is 1. The summed E-state index contributed by atoms with van der Waals surface area (Å²) >= 11 is 0. The molecule has 0 fully saturated rings. The maximum atomic E-state index is 12.4. The van der Waals surface area contributed by atoms with E-state index in [4.69, 9.17) is 9.47 Å². The molecule has 128 valence electrons. The number of carbonyl (C=O) groups is 1. The zero-order valence-electron chi connectivity index (χ0n) is 13.5. The lowest BCUT2D eigenvalue weighted by molar-refractivity contribution is 0.101. The number of phenols is 2. The molecule has 0 atom stereocenters. The number of benzene rings is 3. The molecule has 3 aromatic rings. The summed E-state index contributed by atoms with van der Waals surface area (Å²) in [4.78, 5) is 12.4. The summed E-state index contributed by atoms with van der Waals surface area (Å²) in [5, 5.41) is 19.4. The first kappa shape index (κ1) is 15.8. The van der Waals surface area contributed by atoms with Gasteiger partial charge in [0.15, 0.2) is 17.3 Å². The van der Waals surface area contributed by atoms with Gasteiger partial charge in [-0.15, -0.1) is 0 Å². The molecule has 1 aliphatic rings. The van der Waals surface area contributed by atoms with Crippen molar-refractivity contribution < 1.29 is 24.5 Å². The van der Waals surface area contributed by atoms with Crippen molar-refractivity contribution in [1.82, 2.24) is 0 Å². The van der Waals surface area contributed by atoms with E-state index in [0.717, 1.165) is 0 Å². The molecule has 4 rings (SSSR count). The first-order chi connectivity index (χ1) is 12.6. The minimum atomic E-state index is -0.444. The Labute approximate surface area is 149 Å². The molecule has 0 aromatic heterocycles. The van der Waals surface area contributed by atoms with Gasteiger partial charge in [0.05, 0.1) is 5.56 Å². The van der Waals surface area contributed by atoms with E-state index in [1.165, 1.54) is 12.1 Å². The lowest BCUT2D eigenvalue weighted by atomic mass is 10.1. The van der Waals surface area contributed by atoms with Gasteiger partial charge < -0.3 is 19.7 Å². The first-order valence-electron chi connectivity index (χ1n) is 7.94. The van der Waals surface area contributed by atoms with Crippen molar-refractivity contribution in [2.75, 3.05) is 0 Å². The Morgan fingerprint density at radius 1 is 0.885 bits per heavy atom. The Morgan fingerprint density at radius 2 is 1.65 bits per heavy atom. The number of aromatic hydroxyl groups is 2. The highest BCUT2D eigenvalue weighted by Crippen LogP contribution is 2.44. The van der Waals surface area contributed by atoms with Crippen LogP contribution in [0.3, 0.4) is 0 Å². The molecule has 1 aliphatic heterocycles. The number of carbonyl (C=O) groups excluding carboxylic acids is 1. The highest BCUT2D eigenvalue weighted by Gasteiger charge is 2.31. The quantitative estimate of drug-likeness (QED) is 0.539. The van der Waals surface area contributed by atoms with Crippen LogP contribution >= 0.6 is 0 Å². The molecular weight excluding hydrogens is 332 g/mol. The van der Waals surface area contributed by atoms with Gasteiger partial charge in [-0.25, -0.2) is 0 Å². The molecule has 0 bridgehead atoms. The Balaban J connectivity index is 1.62. The molecule has 1 heterocycles. The summed E-state index contributed by atoms with van der Waals surface area (Å²) in [7, 11) is 0. The van der Waals surface area contributed by atoms with E-state index in [1.54, 1.807) is 18.2 Å². The second-order valence-corrected chi connectivity index (χ2v) is 5.74. The summed E-state index contributed by atoms with van der Waals surface area (Å²) < 4.78 is 11.2. The van der Waals surface area contributed by atoms with Crippen LogP contribution in [0.5, 0.6) is 28.7 Å². The second kappa shape index (κ2) is 6.29. The molecule has 0 spiro atoms. The number of para-hydroxylation sites is 1. The van der Waals surface area contributed by atoms with Gasteiger partial charge in [-0.05, 0) is 48.0 Å². The number of phenolic OH excluding ortho intramolecular Hbond substituents is 2. The fourth-order valence-electron chi connectivity index (χ4n) is 2.67. The molecular formula is C21H14O5. The average molecular weight is 346 g/mol. The lowest BCUT2D eigenvalue weighted by Gasteiger charge is -2.06. The van der Waals surface area contributed by atoms with Crippen LogP contribution in [-0.2, 0) is 0 Å². The van der Waals surface area contributed by atoms with E-state index < -0.39 is 5.75 Å². The zero-order chi connectivity index (χ0) is 18.1. The molecule has 0 radical (unpaired) electrons. The predicted octanol–water partition coefficient (Wildman–Crippen LogP) is 4.51. The van der Waals surface area contributed by atoms with Gasteiger partial charge in [0.1, 0.15) is 11.5 Å². The van der Waals surface area contributed by atoms with Crippen molar-refractivity contribution in [2.24, 2.45) is 0 Å². The summed E-state index contributed by atoms with van der Waals surface area (Å²) in [6.45, 7) is 0. The Bertz CT molecular complexity index is 1020. The third-order valence-electron chi connectivity index (χ3n) is 3.93. The molecule has 2 N–H and O–H groups in total. The van der Waals surface area contributed by atoms with E-state index in [-0.39, 0.29) is 28.6 Å². The smallest absolute Gasteiger partial charge is 0.232 e. The van der Waals surface area contributed by atoms with Crippen LogP contribution in [0, 0.1) is 0 Å². The van der Waals surface area contributed by atoms with Gasteiger partial charge in [0.2, 0.25) is 11.5 Å². The third kappa shape index (κ3) is 2.86. The van der Waals surface area contributed by atoms with E-state index in [1.807, 2.05) is 42.5 Å². The third-order valence-corrected chi connectivity index (χ3v) is 3.93. The van der Waals surface area contributed by atoms with Crippen molar-refractivity contribution in [1.29, 1.82) is 0 Å². The van der Waals surface area contributed by atoms with E-state index in [0.29, 0.717) is 17.1 Å². The molecule has 5 heteroatoms. The predicted molar refractivity (Wildman–Crippen MR) is 95.7 cm³/mol. The topological polar surface area (TPSA) is 76.0 Å². The van der Waals surface area contributed by atoms with Crippen LogP contribution in [0.25, 0.3) is 6.08 Å². The molecule has 5 nitrogen and oxygen atoms in total. The molecule has 0 saturated heterocycles. The summed E-state index contributed by atoms with van der Waals surface area (Å²) in [5.41, 5.74) is 0.918. The highest BCUT2D eigenvalue weighted by molar-refractivity contribution is 6.15. The highest BCUT2D eigenvalue weighted by atomic mass is 16.5. The Morgan fingerprint density at radius 3 is 2.46 bits per heavy atom. The van der Waals surface area contributed by atoms with Gasteiger partial charge in [-0.2, -0.15) is 0 Å². The zero-order valence-corrected chi connectivity index (χ0v) is 13.5. The van der Waals surface area contributed by atoms with E-state index in [9.17, 15) is 15.0 Å². The Kier molecular flexibility index (Phi) is 3.82. The average Bonchev–Trinajstić information content (AvgIpc) is 2.96. The number of ether oxygens (including phenoxy) is 2. The number of ketones is 1. The van der Waals surface area contributed by atoms with Crippen LogP contribution < -0.4 is 9.47 Å². The number of rotatable bonds is 3. The van der Waals surface area contributed by atoms with Gasteiger partial charge in [0.25, 0.3) is 0 Å². The molecule has 0 saturated carbocycles. The first-order valence-corrected chi connectivity index (χ1v) is 7.94. The van der Waals surface area contributed by atoms with Crippen LogP contribution in [0.1, 0.15) is 15.9 Å². The maximum Gasteiger partial charge on any atom is 0.232 e. The molecule has 0 amide bonds. The van der Waals surface area contributed by atoms with Crippen molar-refractivity contribution in [3.8, 4) is 28.7 Å². The lowest BCUT2D eigenvalue weighted by Crippen LogP contribution is -1.98. The molecule has 3 aromatic carbocycles. The van der Waals surface area contributed by atoms with Crippen LogP contribution in [0.2, 0.25) is 0 Å². The van der Waals surface area contributed by atoms with Crippen molar-refractivity contribution in [3.63, 3.8) is 0 Å². The van der Waals surface area contributed by atoms with Crippen molar-refractivity contribution >= 4 is 11.9 Å². The summed E-state index contributed by atoms with van der Waals surface area (Å²) in [6.07, 6.45) is 1.57. The standard InChI is InChI=1S/C21H14O5/c22-17-10-9-16-19(23)18(26-21(16)20(17)24)12-13-5-4-8-15(11-13)25-14-6-2-1-3-7-14/h1-12,22,24H/b18-12+. The van der Waals surface area contributed by atoms with Crippen LogP contribution in [-0.4, -0.2) is 16.0 Å². The minimum absolute atomic E-state index is 0.0297. The van der Waals surface area contributed by atoms with E-state index >= 15 is 0 Å². The normalized spacial score (nSPS) is 14.2. The SMILES string of the molecule is O=C1/C(=C\c2cccc(Oc3ccccc3)c2)Oc2c1ccc(O)c2O. The largest absolute Gasteiger partial charge is 0.504 e. The number of hydrogen-bond acceptors (Lipinski definition) is 5. The summed E-state index contributed by atoms with van der Waals surface area (Å²) in [5.74, 6) is 0.226. The van der Waals surface area contributed by atoms with Gasteiger partial charge in [-0.3, -0.25) is 4.79 Å². The van der Waals surface area contributed by atoms with Crippen LogP contribution in [0.4, 0.5) is 0 Å². The van der Waals surface area contributed by atoms with Crippen molar-refractivity contribution in [3.05, 3.63) is 83.6 Å². The molecule has 0 unspecified atom stereocenters. The number of fused-ring (bicyclic) bond motifs is 1. The monoisotopic (exact) mass is 346 g/mol. The number of allylic oxidation sites excluding steroid dienone is 1. The second-order valence-electron chi connectivity index (χ2n) is 5.74. The van der Waals surface area contributed by atoms with Crippen molar-refractivity contribution in [2.45, 2.75) is 0 Å². The fraction of sp³-hybridized carbons (Fsp3) is 0. The van der Waals surface area contributed by atoms with Gasteiger partial charge >= 0.3 is 0 Å². The van der Waals surface area contributed by atoms with Gasteiger partial charge in [0, 0.05) is 0 Å². The number of hydrogen-bond donors (Lipinski definition) is 2. The molecule has 26 heavy (non-hydrogen) atoms.